The van der Waals surface area contributed by atoms with Crippen LogP contribution >= 0.6 is 11.3 Å². The largest absolute Gasteiger partial charge is 0.495 e. The van der Waals surface area contributed by atoms with Gasteiger partial charge in [-0.1, -0.05) is 18.2 Å². The fourth-order valence-corrected chi connectivity index (χ4v) is 5.44. The SMILES string of the molecule is CCN(CC)c1ccc(-c2nc3n(n2)C(c2cccs2)C(C(=O)Nc2ccccc2OC)=C(C)N3)cc1. The van der Waals surface area contributed by atoms with Crippen LogP contribution in [0.4, 0.5) is 17.3 Å². The van der Waals surface area contributed by atoms with Gasteiger partial charge in [0.25, 0.3) is 5.91 Å². The molecule has 4 aromatic rings. The number of amides is 1. The molecule has 0 bridgehead atoms. The number of nitrogens with zero attached hydrogens (tertiary/aromatic N) is 4. The molecule has 3 heterocycles. The smallest absolute Gasteiger partial charge is 0.256 e. The van der Waals surface area contributed by atoms with E-state index in [1.54, 1.807) is 18.4 Å². The average Bonchev–Trinajstić information content (AvgIpc) is 3.60. The van der Waals surface area contributed by atoms with Crippen LogP contribution in [0.25, 0.3) is 11.4 Å². The first-order valence-corrected chi connectivity index (χ1v) is 13.2. The summed E-state index contributed by atoms with van der Waals surface area (Å²) >= 11 is 1.58. The van der Waals surface area contributed by atoms with Gasteiger partial charge in [-0.05, 0) is 68.6 Å². The molecule has 0 saturated heterocycles. The molecule has 0 fully saturated rings. The molecule has 0 spiro atoms. The predicted molar refractivity (Wildman–Crippen MR) is 149 cm³/mol. The van der Waals surface area contributed by atoms with Crippen molar-refractivity contribution in [1.29, 1.82) is 0 Å². The van der Waals surface area contributed by atoms with E-state index in [1.165, 1.54) is 5.69 Å². The maximum atomic E-state index is 13.7. The van der Waals surface area contributed by atoms with Gasteiger partial charge < -0.3 is 20.3 Å². The highest BCUT2D eigenvalue weighted by Gasteiger charge is 2.35. The van der Waals surface area contributed by atoms with Crippen molar-refractivity contribution < 1.29 is 9.53 Å². The molecule has 0 saturated carbocycles. The third-order valence-electron chi connectivity index (χ3n) is 6.52. The molecule has 2 aromatic carbocycles. The van der Waals surface area contributed by atoms with Gasteiger partial charge in [-0.3, -0.25) is 4.79 Å². The van der Waals surface area contributed by atoms with Gasteiger partial charge in [0.1, 0.15) is 11.8 Å². The van der Waals surface area contributed by atoms with E-state index in [0.717, 1.165) is 29.2 Å². The van der Waals surface area contributed by atoms with Crippen molar-refractivity contribution in [3.8, 4) is 17.1 Å². The van der Waals surface area contributed by atoms with E-state index in [0.29, 0.717) is 28.8 Å². The lowest BCUT2D eigenvalue weighted by Gasteiger charge is -2.27. The molecule has 37 heavy (non-hydrogen) atoms. The predicted octanol–water partition coefficient (Wildman–Crippen LogP) is 5.79. The Morgan fingerprint density at radius 1 is 1.11 bits per heavy atom. The van der Waals surface area contributed by atoms with Crippen LogP contribution in [0.5, 0.6) is 5.75 Å². The molecule has 190 valence electrons. The van der Waals surface area contributed by atoms with Crippen LogP contribution in [0.2, 0.25) is 0 Å². The number of carbonyl (C=O) groups is 1. The van der Waals surface area contributed by atoms with Gasteiger partial charge in [-0.15, -0.1) is 16.4 Å². The van der Waals surface area contributed by atoms with Gasteiger partial charge in [-0.2, -0.15) is 4.98 Å². The zero-order valence-corrected chi connectivity index (χ0v) is 22.2. The van der Waals surface area contributed by atoms with Gasteiger partial charge in [0.05, 0.1) is 18.4 Å². The average molecular weight is 515 g/mol. The second-order valence-corrected chi connectivity index (χ2v) is 9.64. The normalized spacial score (nSPS) is 14.6. The maximum absolute atomic E-state index is 13.7. The standard InChI is InChI=1S/C28H30N6O2S/c1-5-33(6-2)20-15-13-19(14-16-20)26-31-28-29-18(3)24(25(34(28)32-26)23-12-9-17-37-23)27(35)30-21-10-7-8-11-22(21)36-4/h7-17,25H,5-6H2,1-4H3,(H,30,35)(H,29,31,32). The van der Waals surface area contributed by atoms with E-state index in [-0.39, 0.29) is 5.91 Å². The summed E-state index contributed by atoms with van der Waals surface area (Å²) < 4.78 is 7.24. The third-order valence-corrected chi connectivity index (χ3v) is 7.44. The number of ether oxygens (including phenoxy) is 1. The number of anilines is 3. The molecule has 8 nitrogen and oxygen atoms in total. The molecule has 1 atom stereocenters. The first-order chi connectivity index (χ1) is 18.0. The zero-order chi connectivity index (χ0) is 25.9. The van der Waals surface area contributed by atoms with E-state index in [2.05, 4.69) is 41.5 Å². The Balaban J connectivity index is 1.51. The minimum absolute atomic E-state index is 0.223. The van der Waals surface area contributed by atoms with E-state index in [9.17, 15) is 4.79 Å². The Bertz CT molecular complexity index is 1420. The van der Waals surface area contributed by atoms with Crippen molar-refractivity contribution >= 4 is 34.6 Å². The van der Waals surface area contributed by atoms with Crippen molar-refractivity contribution in [2.75, 3.05) is 35.7 Å². The third kappa shape index (κ3) is 4.70. The number of nitrogens with one attached hydrogen (secondary N) is 2. The van der Waals surface area contributed by atoms with Crippen LogP contribution < -0.4 is 20.3 Å². The molecule has 0 aliphatic carbocycles. The lowest BCUT2D eigenvalue weighted by atomic mass is 10.0. The Kier molecular flexibility index (Phi) is 6.96. The van der Waals surface area contributed by atoms with Gasteiger partial charge in [-0.25, -0.2) is 4.68 Å². The van der Waals surface area contributed by atoms with Crippen LogP contribution in [-0.4, -0.2) is 40.9 Å². The molecule has 9 heteroatoms. The van der Waals surface area contributed by atoms with E-state index in [1.807, 2.05) is 65.5 Å². The number of aromatic nitrogens is 3. The van der Waals surface area contributed by atoms with Crippen molar-refractivity contribution in [2.24, 2.45) is 0 Å². The highest BCUT2D eigenvalue weighted by molar-refractivity contribution is 7.10. The Morgan fingerprint density at radius 2 is 1.86 bits per heavy atom. The summed E-state index contributed by atoms with van der Waals surface area (Å²) in [6, 6.07) is 19.3. The van der Waals surface area contributed by atoms with Crippen LogP contribution in [0, 0.1) is 0 Å². The molecule has 2 N–H and O–H groups in total. The zero-order valence-electron chi connectivity index (χ0n) is 21.4. The summed E-state index contributed by atoms with van der Waals surface area (Å²) in [6.07, 6.45) is 0. The molecule has 2 aromatic heterocycles. The number of benzene rings is 2. The highest BCUT2D eigenvalue weighted by atomic mass is 32.1. The molecule has 1 aliphatic rings. The van der Waals surface area contributed by atoms with Crippen LogP contribution in [0.15, 0.2) is 77.3 Å². The molecule has 0 radical (unpaired) electrons. The van der Waals surface area contributed by atoms with E-state index >= 15 is 0 Å². The van der Waals surface area contributed by atoms with Gasteiger partial charge in [0.15, 0.2) is 5.82 Å². The number of carbonyl (C=O) groups excluding carboxylic acids is 1. The van der Waals surface area contributed by atoms with Crippen molar-refractivity contribution in [1.82, 2.24) is 14.8 Å². The van der Waals surface area contributed by atoms with Gasteiger partial charge in [0, 0.05) is 34.9 Å². The Hall–Kier alpha value is -4.11. The summed E-state index contributed by atoms with van der Waals surface area (Å²) in [5, 5.41) is 13.2. The maximum Gasteiger partial charge on any atom is 0.256 e. The second-order valence-electron chi connectivity index (χ2n) is 8.66. The molecule has 1 unspecified atom stereocenters. The van der Waals surface area contributed by atoms with Crippen molar-refractivity contribution in [3.63, 3.8) is 0 Å². The van der Waals surface area contributed by atoms with Crippen LogP contribution in [0.3, 0.4) is 0 Å². The summed E-state index contributed by atoms with van der Waals surface area (Å²) in [5.74, 6) is 1.59. The molecule has 1 aliphatic heterocycles. The lowest BCUT2D eigenvalue weighted by Crippen LogP contribution is -2.31. The minimum atomic E-state index is -0.415. The lowest BCUT2D eigenvalue weighted by molar-refractivity contribution is -0.113. The van der Waals surface area contributed by atoms with E-state index in [4.69, 9.17) is 14.8 Å². The van der Waals surface area contributed by atoms with Gasteiger partial charge in [0.2, 0.25) is 5.95 Å². The van der Waals surface area contributed by atoms with Gasteiger partial charge >= 0.3 is 0 Å². The second kappa shape index (κ2) is 10.5. The summed E-state index contributed by atoms with van der Waals surface area (Å²) in [5.41, 5.74) is 4.00. The number of allylic oxidation sites excluding steroid dienone is 1. The quantitative estimate of drug-likeness (QED) is 0.310. The highest BCUT2D eigenvalue weighted by Crippen LogP contribution is 2.39. The Morgan fingerprint density at radius 3 is 2.54 bits per heavy atom. The Labute approximate surface area is 220 Å². The topological polar surface area (TPSA) is 84.3 Å². The number of methoxy groups -OCH3 is 1. The number of para-hydroxylation sites is 2. The molecule has 5 rings (SSSR count). The number of hydrogen-bond donors (Lipinski definition) is 2. The number of hydrogen-bond acceptors (Lipinski definition) is 7. The van der Waals surface area contributed by atoms with Crippen LogP contribution in [0.1, 0.15) is 31.7 Å². The number of rotatable bonds is 8. The van der Waals surface area contributed by atoms with E-state index < -0.39 is 6.04 Å². The fourth-order valence-electron chi connectivity index (χ4n) is 4.62. The molecule has 1 amide bonds. The molecular weight excluding hydrogens is 484 g/mol. The first-order valence-electron chi connectivity index (χ1n) is 12.3. The number of fused-ring (bicyclic) bond motifs is 1. The molecular formula is C28H30N6O2S. The summed E-state index contributed by atoms with van der Waals surface area (Å²) in [4.78, 5) is 21.8. The summed E-state index contributed by atoms with van der Waals surface area (Å²) in [7, 11) is 1.59. The monoisotopic (exact) mass is 514 g/mol. The van der Waals surface area contributed by atoms with Crippen LogP contribution in [-0.2, 0) is 4.79 Å². The first kappa shape index (κ1) is 24.6. The summed E-state index contributed by atoms with van der Waals surface area (Å²) in [6.45, 7) is 8.09. The van der Waals surface area contributed by atoms with Crippen molar-refractivity contribution in [2.45, 2.75) is 26.8 Å². The minimum Gasteiger partial charge on any atom is -0.495 e. The fraction of sp³-hybridized carbons (Fsp3) is 0.250. The number of thiophene rings is 1. The van der Waals surface area contributed by atoms with Crippen molar-refractivity contribution in [3.05, 3.63) is 82.2 Å².